The first-order valence-corrected chi connectivity index (χ1v) is 7.97. The van der Waals surface area contributed by atoms with Crippen LogP contribution in [0, 0.1) is 0 Å². The van der Waals surface area contributed by atoms with Crippen LogP contribution in [0.2, 0.25) is 0 Å². The van der Waals surface area contributed by atoms with Crippen molar-refractivity contribution in [3.8, 4) is 0 Å². The molecule has 0 rings (SSSR count). The number of unbranched alkanes of at least 4 members (excludes halogenated alkanes) is 2. The van der Waals surface area contributed by atoms with Crippen LogP contribution in [-0.2, 0) is 14.6 Å². The molecule has 0 aromatic rings. The van der Waals surface area contributed by atoms with E-state index in [9.17, 15) is 13.2 Å². The van der Waals surface area contributed by atoms with E-state index in [0.717, 1.165) is 25.8 Å². The Labute approximate surface area is 109 Å². The van der Waals surface area contributed by atoms with Crippen molar-refractivity contribution < 1.29 is 18.3 Å². The van der Waals surface area contributed by atoms with Crippen molar-refractivity contribution in [3.05, 3.63) is 0 Å². The zero-order valence-corrected chi connectivity index (χ0v) is 11.8. The van der Waals surface area contributed by atoms with Gasteiger partial charge in [-0.05, 0) is 32.9 Å². The molecule has 3 N–H and O–H groups in total. The number of nitrogens with two attached hydrogens (primary N) is 1. The summed E-state index contributed by atoms with van der Waals surface area (Å²) in [6, 6.07) is 0. The molecule has 1 amide bonds. The Bertz CT molecular complexity index is 330. The fourth-order valence-electron chi connectivity index (χ4n) is 1.44. The molecule has 0 saturated carbocycles. The van der Waals surface area contributed by atoms with Crippen LogP contribution in [0.15, 0.2) is 0 Å². The molecule has 0 aliphatic rings. The second-order valence-electron chi connectivity index (χ2n) is 4.46. The summed E-state index contributed by atoms with van der Waals surface area (Å²) in [4.78, 5) is 12.5. The van der Waals surface area contributed by atoms with E-state index in [-0.39, 0.29) is 24.5 Å². The Morgan fingerprint density at radius 1 is 1.17 bits per heavy atom. The highest BCUT2D eigenvalue weighted by Gasteiger charge is 2.13. The largest absolute Gasteiger partial charge is 0.396 e. The summed E-state index contributed by atoms with van der Waals surface area (Å²) in [7, 11) is -1.33. The molecule has 0 fully saturated rings. The molecule has 0 aliphatic carbocycles. The molecular formula is C11H24N2O4S. The normalized spacial score (nSPS) is 11.9. The van der Waals surface area contributed by atoms with Gasteiger partial charge in [-0.3, -0.25) is 4.79 Å². The Kier molecular flexibility index (Phi) is 8.95. The number of nitrogens with zero attached hydrogens (tertiary/aromatic N) is 1. The van der Waals surface area contributed by atoms with E-state index in [1.54, 1.807) is 0 Å². The summed E-state index contributed by atoms with van der Waals surface area (Å²) in [6.45, 7) is 1.47. The van der Waals surface area contributed by atoms with Crippen LogP contribution in [0.3, 0.4) is 0 Å². The number of carbonyl (C=O) groups excluding carboxylic acids is 1. The Morgan fingerprint density at radius 3 is 2.39 bits per heavy atom. The van der Waals surface area contributed by atoms with Crippen molar-refractivity contribution in [2.75, 3.05) is 38.2 Å². The van der Waals surface area contributed by atoms with E-state index < -0.39 is 15.7 Å². The molecule has 0 saturated heterocycles. The van der Waals surface area contributed by atoms with Gasteiger partial charge in [0.1, 0.15) is 0 Å². The Hall–Kier alpha value is -0.660. The van der Waals surface area contributed by atoms with Crippen LogP contribution in [-0.4, -0.2) is 62.6 Å². The first kappa shape index (κ1) is 17.3. The molecule has 18 heavy (non-hydrogen) atoms. The highest BCUT2D eigenvalue weighted by atomic mass is 32.2. The second kappa shape index (κ2) is 9.29. The fraction of sp³-hybridized carbons (Fsp3) is 0.909. The average molecular weight is 280 g/mol. The maximum absolute atomic E-state index is 11.5. The van der Waals surface area contributed by atoms with Gasteiger partial charge >= 0.3 is 0 Å². The first-order chi connectivity index (χ1) is 8.37. The third kappa shape index (κ3) is 10.5. The number of amides is 1. The molecule has 0 radical (unpaired) electrons. The van der Waals surface area contributed by atoms with Gasteiger partial charge in [0.25, 0.3) is 0 Å². The average Bonchev–Trinajstić information content (AvgIpc) is 2.30. The van der Waals surface area contributed by atoms with Crippen molar-refractivity contribution in [1.29, 1.82) is 0 Å². The minimum absolute atomic E-state index is 0.0524. The molecule has 108 valence electrons. The number of hydrogen-bond donors (Lipinski definition) is 2. The van der Waals surface area contributed by atoms with Crippen molar-refractivity contribution in [2.45, 2.75) is 25.7 Å². The van der Waals surface area contributed by atoms with Gasteiger partial charge in [-0.2, -0.15) is 0 Å². The van der Waals surface area contributed by atoms with Gasteiger partial charge < -0.3 is 15.7 Å². The number of primary amides is 1. The number of hydrogen-bond acceptors (Lipinski definition) is 5. The quantitative estimate of drug-likeness (QED) is 0.491. The second-order valence-corrected chi connectivity index (χ2v) is 6.76. The minimum Gasteiger partial charge on any atom is -0.396 e. The molecule has 6 nitrogen and oxygen atoms in total. The predicted molar refractivity (Wildman–Crippen MR) is 70.9 cm³/mol. The SMILES string of the molecule is CN(CCCCCO)CCS(=O)(=O)CCC(N)=O. The summed E-state index contributed by atoms with van der Waals surface area (Å²) in [5.74, 6) is -0.701. The fourth-order valence-corrected chi connectivity index (χ4v) is 2.74. The number of aliphatic hydroxyl groups excluding tert-OH is 1. The zero-order chi connectivity index (χ0) is 14.0. The van der Waals surface area contributed by atoms with E-state index in [4.69, 9.17) is 10.8 Å². The predicted octanol–water partition coefficient (Wildman–Crippen LogP) is -0.629. The van der Waals surface area contributed by atoms with Crippen LogP contribution in [0.25, 0.3) is 0 Å². The van der Waals surface area contributed by atoms with Crippen molar-refractivity contribution in [3.63, 3.8) is 0 Å². The Balaban J connectivity index is 3.75. The van der Waals surface area contributed by atoms with Crippen LogP contribution in [0.1, 0.15) is 25.7 Å². The highest BCUT2D eigenvalue weighted by Crippen LogP contribution is 1.99. The number of sulfone groups is 1. The molecule has 0 unspecified atom stereocenters. The van der Waals surface area contributed by atoms with Gasteiger partial charge in [-0.25, -0.2) is 8.42 Å². The third-order valence-corrected chi connectivity index (χ3v) is 4.27. The van der Waals surface area contributed by atoms with E-state index in [0.29, 0.717) is 6.54 Å². The molecule has 0 spiro atoms. The topological polar surface area (TPSA) is 101 Å². The van der Waals surface area contributed by atoms with E-state index in [1.807, 2.05) is 11.9 Å². The maximum Gasteiger partial charge on any atom is 0.218 e. The molecule has 0 bridgehead atoms. The minimum atomic E-state index is -3.19. The maximum atomic E-state index is 11.5. The lowest BCUT2D eigenvalue weighted by atomic mass is 10.2. The van der Waals surface area contributed by atoms with E-state index in [2.05, 4.69) is 0 Å². The molecule has 0 aromatic heterocycles. The van der Waals surface area contributed by atoms with Gasteiger partial charge in [0.05, 0.1) is 11.5 Å². The lowest BCUT2D eigenvalue weighted by molar-refractivity contribution is -0.117. The highest BCUT2D eigenvalue weighted by molar-refractivity contribution is 7.91. The zero-order valence-electron chi connectivity index (χ0n) is 11.0. The van der Waals surface area contributed by atoms with Crippen molar-refractivity contribution in [1.82, 2.24) is 4.90 Å². The van der Waals surface area contributed by atoms with E-state index in [1.165, 1.54) is 0 Å². The molecule has 0 aliphatic heterocycles. The van der Waals surface area contributed by atoms with Gasteiger partial charge in [-0.15, -0.1) is 0 Å². The lowest BCUT2D eigenvalue weighted by Gasteiger charge is -2.16. The number of rotatable bonds is 11. The van der Waals surface area contributed by atoms with Crippen molar-refractivity contribution in [2.24, 2.45) is 5.73 Å². The molecule has 7 heteroatoms. The Morgan fingerprint density at radius 2 is 1.83 bits per heavy atom. The standard InChI is InChI=1S/C11H24N2O4S/c1-13(6-3-2-4-8-14)7-10-18(16,17)9-5-11(12)15/h14H,2-10H2,1H3,(H2,12,15). The molecular weight excluding hydrogens is 256 g/mol. The van der Waals surface area contributed by atoms with E-state index >= 15 is 0 Å². The van der Waals surface area contributed by atoms with Crippen LogP contribution < -0.4 is 5.73 Å². The smallest absolute Gasteiger partial charge is 0.218 e. The summed E-state index contributed by atoms with van der Waals surface area (Å²) in [5.41, 5.74) is 4.92. The lowest BCUT2D eigenvalue weighted by Crippen LogP contribution is -2.28. The number of aliphatic hydroxyl groups is 1. The van der Waals surface area contributed by atoms with Gasteiger partial charge in [0.2, 0.25) is 5.91 Å². The first-order valence-electron chi connectivity index (χ1n) is 6.15. The van der Waals surface area contributed by atoms with Crippen molar-refractivity contribution >= 4 is 15.7 Å². The summed E-state index contributed by atoms with van der Waals surface area (Å²) < 4.78 is 23.1. The third-order valence-electron chi connectivity index (χ3n) is 2.64. The van der Waals surface area contributed by atoms with Gasteiger partial charge in [0, 0.05) is 19.6 Å². The van der Waals surface area contributed by atoms with Crippen LogP contribution in [0.4, 0.5) is 0 Å². The van der Waals surface area contributed by atoms with Gasteiger partial charge in [-0.1, -0.05) is 0 Å². The summed E-state index contributed by atoms with van der Waals surface area (Å²) >= 11 is 0. The molecule has 0 heterocycles. The summed E-state index contributed by atoms with van der Waals surface area (Å²) in [6.07, 6.45) is 2.56. The molecule has 0 aromatic carbocycles. The van der Waals surface area contributed by atoms with Crippen LogP contribution in [0.5, 0.6) is 0 Å². The van der Waals surface area contributed by atoms with Gasteiger partial charge in [0.15, 0.2) is 9.84 Å². The van der Waals surface area contributed by atoms with Crippen LogP contribution >= 0.6 is 0 Å². The monoisotopic (exact) mass is 280 g/mol. The summed E-state index contributed by atoms with van der Waals surface area (Å²) in [5, 5.41) is 8.61. The number of carbonyl (C=O) groups is 1. The molecule has 0 atom stereocenters.